The quantitative estimate of drug-likeness (QED) is 0.465. The normalized spacial score (nSPS) is 10.5. The van der Waals surface area contributed by atoms with Crippen LogP contribution in [0.25, 0.3) is 10.9 Å². The second-order valence-corrected chi connectivity index (χ2v) is 3.69. The van der Waals surface area contributed by atoms with Gasteiger partial charge >= 0.3 is 5.97 Å². The number of non-ortho nitro benzene ring substituents is 1. The van der Waals surface area contributed by atoms with Crippen LogP contribution >= 0.6 is 0 Å². The molecule has 0 fully saturated rings. The van der Waals surface area contributed by atoms with E-state index in [1.807, 2.05) is 0 Å². The first-order chi connectivity index (χ1) is 8.61. The molecule has 0 aliphatic heterocycles. The van der Waals surface area contributed by atoms with Crippen LogP contribution in [0.1, 0.15) is 6.42 Å². The Morgan fingerprint density at radius 2 is 2.33 bits per heavy atom. The van der Waals surface area contributed by atoms with E-state index in [1.165, 1.54) is 19.2 Å². The third-order valence-corrected chi connectivity index (χ3v) is 2.59. The molecule has 0 aliphatic rings. The van der Waals surface area contributed by atoms with Gasteiger partial charge in [0.25, 0.3) is 5.69 Å². The fourth-order valence-electron chi connectivity index (χ4n) is 1.65. The number of nitro groups is 1. The third kappa shape index (κ3) is 2.29. The van der Waals surface area contributed by atoms with Crippen molar-refractivity contribution in [3.8, 4) is 0 Å². The van der Waals surface area contributed by atoms with Crippen LogP contribution in [0.2, 0.25) is 0 Å². The lowest BCUT2D eigenvalue weighted by Crippen LogP contribution is -2.07. The number of rotatable bonds is 4. The van der Waals surface area contributed by atoms with Crippen LogP contribution in [0.3, 0.4) is 0 Å². The molecule has 1 aromatic heterocycles. The van der Waals surface area contributed by atoms with Gasteiger partial charge in [0.05, 0.1) is 36.7 Å². The van der Waals surface area contributed by atoms with E-state index in [2.05, 4.69) is 9.84 Å². The fraction of sp³-hybridized carbons (Fsp3) is 0.273. The summed E-state index contributed by atoms with van der Waals surface area (Å²) in [5.41, 5.74) is 0.635. The van der Waals surface area contributed by atoms with Crippen molar-refractivity contribution in [2.45, 2.75) is 13.0 Å². The van der Waals surface area contributed by atoms with Crippen molar-refractivity contribution in [3.05, 3.63) is 34.5 Å². The maximum Gasteiger partial charge on any atom is 0.307 e. The Balaban J connectivity index is 2.30. The van der Waals surface area contributed by atoms with E-state index in [9.17, 15) is 14.9 Å². The first kappa shape index (κ1) is 12.0. The summed E-state index contributed by atoms with van der Waals surface area (Å²) in [6, 6.07) is 4.50. The van der Waals surface area contributed by atoms with Gasteiger partial charge in [-0.3, -0.25) is 19.6 Å². The van der Waals surface area contributed by atoms with Gasteiger partial charge in [0, 0.05) is 17.5 Å². The summed E-state index contributed by atoms with van der Waals surface area (Å²) in [6.07, 6.45) is 1.78. The van der Waals surface area contributed by atoms with Gasteiger partial charge in [-0.2, -0.15) is 5.10 Å². The lowest BCUT2D eigenvalue weighted by Gasteiger charge is -2.02. The van der Waals surface area contributed by atoms with Crippen molar-refractivity contribution < 1.29 is 14.5 Å². The number of aryl methyl sites for hydroxylation is 1. The van der Waals surface area contributed by atoms with E-state index in [4.69, 9.17) is 0 Å². The topological polar surface area (TPSA) is 87.3 Å². The average Bonchev–Trinajstić information content (AvgIpc) is 2.78. The summed E-state index contributed by atoms with van der Waals surface area (Å²) in [5.74, 6) is -0.343. The average molecular weight is 249 g/mol. The molecule has 0 spiro atoms. The molecule has 0 saturated carbocycles. The molecule has 0 bridgehead atoms. The number of methoxy groups -OCH3 is 1. The van der Waals surface area contributed by atoms with Gasteiger partial charge in [0.15, 0.2) is 0 Å². The zero-order valence-corrected chi connectivity index (χ0v) is 9.70. The molecule has 2 rings (SSSR count). The molecule has 0 radical (unpaired) electrons. The molecular weight excluding hydrogens is 238 g/mol. The Labute approximate surface area is 102 Å². The number of aromatic nitrogens is 2. The lowest BCUT2D eigenvalue weighted by molar-refractivity contribution is -0.384. The number of benzene rings is 1. The van der Waals surface area contributed by atoms with E-state index in [-0.39, 0.29) is 18.1 Å². The van der Waals surface area contributed by atoms with Crippen molar-refractivity contribution >= 4 is 22.6 Å². The molecule has 0 atom stereocenters. The molecule has 18 heavy (non-hydrogen) atoms. The highest BCUT2D eigenvalue weighted by Gasteiger charge is 2.11. The molecule has 0 amide bonds. The minimum atomic E-state index is -0.461. The Morgan fingerprint density at radius 3 is 3.00 bits per heavy atom. The second kappa shape index (κ2) is 4.82. The monoisotopic (exact) mass is 249 g/mol. The maximum atomic E-state index is 11.0. The first-order valence-electron chi connectivity index (χ1n) is 5.28. The van der Waals surface area contributed by atoms with Crippen LogP contribution < -0.4 is 0 Å². The van der Waals surface area contributed by atoms with Crippen LogP contribution in [0.4, 0.5) is 5.69 Å². The van der Waals surface area contributed by atoms with Crippen LogP contribution in [-0.2, 0) is 16.1 Å². The lowest BCUT2D eigenvalue weighted by atomic mass is 10.2. The fourth-order valence-corrected chi connectivity index (χ4v) is 1.65. The van der Waals surface area contributed by atoms with Crippen LogP contribution in [0.15, 0.2) is 24.4 Å². The van der Waals surface area contributed by atoms with Gasteiger partial charge in [-0.25, -0.2) is 0 Å². The number of nitro benzene ring substituents is 1. The summed E-state index contributed by atoms with van der Waals surface area (Å²) in [6.45, 7) is 0.331. The zero-order chi connectivity index (χ0) is 13.1. The highest BCUT2D eigenvalue weighted by molar-refractivity contribution is 5.81. The number of hydrogen-bond acceptors (Lipinski definition) is 5. The molecule has 1 heterocycles. The van der Waals surface area contributed by atoms with E-state index in [1.54, 1.807) is 16.9 Å². The summed E-state index contributed by atoms with van der Waals surface area (Å²) in [7, 11) is 1.31. The van der Waals surface area contributed by atoms with Gasteiger partial charge in [0.2, 0.25) is 0 Å². The first-order valence-corrected chi connectivity index (χ1v) is 5.28. The van der Waals surface area contributed by atoms with Crippen LogP contribution in [-0.4, -0.2) is 27.8 Å². The van der Waals surface area contributed by atoms with Gasteiger partial charge in [-0.1, -0.05) is 0 Å². The molecular formula is C11H11N3O4. The highest BCUT2D eigenvalue weighted by atomic mass is 16.6. The summed E-state index contributed by atoms with van der Waals surface area (Å²) in [5, 5.41) is 15.6. The number of hydrogen-bond donors (Lipinski definition) is 0. The van der Waals surface area contributed by atoms with Crippen molar-refractivity contribution in [3.63, 3.8) is 0 Å². The number of nitrogens with zero attached hydrogens (tertiary/aromatic N) is 3. The predicted molar refractivity (Wildman–Crippen MR) is 63.0 cm³/mol. The molecule has 94 valence electrons. The summed E-state index contributed by atoms with van der Waals surface area (Å²) < 4.78 is 6.09. The van der Waals surface area contributed by atoms with Crippen molar-refractivity contribution in [2.24, 2.45) is 0 Å². The zero-order valence-electron chi connectivity index (χ0n) is 9.70. The molecule has 2 aromatic rings. The SMILES string of the molecule is COC(=O)CCn1ncc2ccc([N+](=O)[O-])cc21. The summed E-state index contributed by atoms with van der Waals surface area (Å²) in [4.78, 5) is 21.3. The van der Waals surface area contributed by atoms with Gasteiger partial charge in [-0.15, -0.1) is 0 Å². The standard InChI is InChI=1S/C11H11N3O4/c1-18-11(15)4-5-13-10-6-9(14(16)17)3-2-8(10)7-12-13/h2-3,6-7H,4-5H2,1H3. The molecule has 0 saturated heterocycles. The highest BCUT2D eigenvalue weighted by Crippen LogP contribution is 2.20. The van der Waals surface area contributed by atoms with E-state index < -0.39 is 4.92 Å². The molecule has 7 heteroatoms. The number of fused-ring (bicyclic) bond motifs is 1. The van der Waals surface area contributed by atoms with E-state index in [0.29, 0.717) is 12.1 Å². The minimum Gasteiger partial charge on any atom is -0.469 e. The minimum absolute atomic E-state index is 0.00215. The van der Waals surface area contributed by atoms with E-state index >= 15 is 0 Å². The number of esters is 1. The largest absolute Gasteiger partial charge is 0.469 e. The van der Waals surface area contributed by atoms with Gasteiger partial charge in [-0.05, 0) is 6.07 Å². The molecule has 0 unspecified atom stereocenters. The van der Waals surface area contributed by atoms with Gasteiger partial charge in [0.1, 0.15) is 0 Å². The van der Waals surface area contributed by atoms with Gasteiger partial charge < -0.3 is 4.74 Å². The maximum absolute atomic E-state index is 11.0. The van der Waals surface area contributed by atoms with E-state index in [0.717, 1.165) is 5.39 Å². The van der Waals surface area contributed by atoms with Crippen LogP contribution in [0, 0.1) is 10.1 Å². The van der Waals surface area contributed by atoms with Crippen LogP contribution in [0.5, 0.6) is 0 Å². The van der Waals surface area contributed by atoms with Crippen molar-refractivity contribution in [1.82, 2.24) is 9.78 Å². The molecule has 1 aromatic carbocycles. The third-order valence-electron chi connectivity index (χ3n) is 2.59. The Kier molecular flexibility index (Phi) is 3.22. The number of carbonyl (C=O) groups is 1. The Hall–Kier alpha value is -2.44. The Bertz CT molecular complexity index is 605. The van der Waals surface area contributed by atoms with Crippen molar-refractivity contribution in [1.29, 1.82) is 0 Å². The predicted octanol–water partition coefficient (Wildman–Crippen LogP) is 1.51. The van der Waals surface area contributed by atoms with Crippen molar-refractivity contribution in [2.75, 3.05) is 7.11 Å². The molecule has 7 nitrogen and oxygen atoms in total. The smallest absolute Gasteiger partial charge is 0.307 e. The number of ether oxygens (including phenoxy) is 1. The number of carbonyl (C=O) groups excluding carboxylic acids is 1. The summed E-state index contributed by atoms with van der Waals surface area (Å²) >= 11 is 0. The molecule has 0 N–H and O–H groups in total. The second-order valence-electron chi connectivity index (χ2n) is 3.69. The Morgan fingerprint density at radius 1 is 1.56 bits per heavy atom. The molecule has 0 aliphatic carbocycles.